The summed E-state index contributed by atoms with van der Waals surface area (Å²) in [5, 5.41) is 13.7. The van der Waals surface area contributed by atoms with E-state index in [9.17, 15) is 18.3 Å². The fraction of sp³-hybridized carbons (Fsp3) is 0.167. The summed E-state index contributed by atoms with van der Waals surface area (Å²) in [5.74, 6) is -1.03. The van der Waals surface area contributed by atoms with Crippen molar-refractivity contribution in [1.82, 2.24) is 15.0 Å². The first-order valence-electron chi connectivity index (χ1n) is 9.99. The van der Waals surface area contributed by atoms with Crippen LogP contribution in [-0.4, -0.2) is 47.8 Å². The van der Waals surface area contributed by atoms with Crippen LogP contribution in [0.4, 0.5) is 0 Å². The minimum absolute atomic E-state index is 0.171. The number of carboxylic acids is 1. The maximum atomic E-state index is 12.3. The number of sulfone groups is 1. The number of benzene rings is 2. The molecule has 1 aliphatic heterocycles. The lowest BCUT2D eigenvalue weighted by atomic mass is 9.92. The third-order valence-electron chi connectivity index (χ3n) is 5.54. The highest BCUT2D eigenvalue weighted by Gasteiger charge is 2.41. The van der Waals surface area contributed by atoms with Crippen LogP contribution in [0.3, 0.4) is 0 Å². The number of carboxylic acid groups (broad SMARTS) is 1. The molecule has 32 heavy (non-hydrogen) atoms. The Labute approximate surface area is 187 Å². The van der Waals surface area contributed by atoms with Gasteiger partial charge in [-0.25, -0.2) is 18.2 Å². The number of aromatic nitrogens is 1. The van der Waals surface area contributed by atoms with Gasteiger partial charge in [0, 0.05) is 37.8 Å². The molecule has 1 aromatic heterocycles. The van der Waals surface area contributed by atoms with Crippen LogP contribution in [0.25, 0.3) is 5.57 Å². The highest BCUT2D eigenvalue weighted by atomic mass is 32.2. The fourth-order valence-electron chi connectivity index (χ4n) is 4.04. The van der Waals surface area contributed by atoms with E-state index in [1.54, 1.807) is 60.8 Å². The van der Waals surface area contributed by atoms with Crippen LogP contribution in [-0.2, 0) is 21.2 Å². The molecule has 4 rings (SSSR count). The van der Waals surface area contributed by atoms with E-state index in [1.807, 2.05) is 35.3 Å². The average Bonchev–Trinajstić information content (AvgIpc) is 3.07. The maximum Gasteiger partial charge on any atom is 0.353 e. The third-order valence-corrected chi connectivity index (χ3v) is 6.67. The first-order valence-corrected chi connectivity index (χ1v) is 11.9. The van der Waals surface area contributed by atoms with E-state index in [0.717, 1.165) is 22.9 Å². The Balaban J connectivity index is 1.88. The van der Waals surface area contributed by atoms with Crippen molar-refractivity contribution in [3.63, 3.8) is 0 Å². The first kappa shape index (κ1) is 21.7. The van der Waals surface area contributed by atoms with Crippen molar-refractivity contribution in [1.29, 1.82) is 0 Å². The number of pyridine rings is 1. The Morgan fingerprint density at radius 1 is 1.00 bits per heavy atom. The molecule has 164 valence electrons. The van der Waals surface area contributed by atoms with E-state index in [-0.39, 0.29) is 10.6 Å². The molecular formula is C24H23N3O4S. The van der Waals surface area contributed by atoms with Gasteiger partial charge in [0.15, 0.2) is 9.84 Å². The molecule has 1 aliphatic rings. The minimum atomic E-state index is -3.34. The molecule has 0 saturated carbocycles. The molecule has 7 nitrogen and oxygen atoms in total. The molecule has 0 spiro atoms. The lowest BCUT2D eigenvalue weighted by Gasteiger charge is -2.33. The van der Waals surface area contributed by atoms with Gasteiger partial charge in [-0.05, 0) is 41.0 Å². The molecule has 0 saturated heterocycles. The van der Waals surface area contributed by atoms with Gasteiger partial charge in [0.05, 0.1) is 10.9 Å². The number of hydrogen-bond acceptors (Lipinski definition) is 6. The summed E-state index contributed by atoms with van der Waals surface area (Å²) in [4.78, 5) is 16.6. The van der Waals surface area contributed by atoms with E-state index in [4.69, 9.17) is 0 Å². The summed E-state index contributed by atoms with van der Waals surface area (Å²) in [6, 6.07) is 19.6. The van der Waals surface area contributed by atoms with Crippen LogP contribution < -0.4 is 0 Å². The highest BCUT2D eigenvalue weighted by molar-refractivity contribution is 7.90. The second-order valence-electron chi connectivity index (χ2n) is 7.65. The quantitative estimate of drug-likeness (QED) is 0.617. The minimum Gasteiger partial charge on any atom is -0.477 e. The number of hydrogen-bond donors (Lipinski definition) is 1. The summed E-state index contributed by atoms with van der Waals surface area (Å²) in [5.41, 5.74) is 3.37. The zero-order valence-corrected chi connectivity index (χ0v) is 18.5. The molecule has 0 radical (unpaired) electrons. The third kappa shape index (κ3) is 4.15. The van der Waals surface area contributed by atoms with Gasteiger partial charge in [0.2, 0.25) is 0 Å². The summed E-state index contributed by atoms with van der Waals surface area (Å²) >= 11 is 0. The Hall–Kier alpha value is -3.49. The molecule has 0 amide bonds. The standard InChI is InChI=1S/C24H23N3O4S/c1-26-23(24(28)29)21(18-12-14-25-15-13-18)22(27(26)16-17-6-4-3-5-7-17)19-8-10-20(11-9-19)32(2,30)31/h3-15,22H,16H2,1-2H3,(H,28,29). The molecule has 1 N–H and O–H groups in total. The molecule has 1 unspecified atom stereocenters. The summed E-state index contributed by atoms with van der Waals surface area (Å²) in [7, 11) is -1.61. The van der Waals surface area contributed by atoms with E-state index in [1.165, 1.54) is 0 Å². The van der Waals surface area contributed by atoms with Crippen molar-refractivity contribution >= 4 is 21.4 Å². The highest BCUT2D eigenvalue weighted by Crippen LogP contribution is 2.45. The molecule has 0 aliphatic carbocycles. The number of nitrogens with zero attached hydrogens (tertiary/aromatic N) is 3. The monoisotopic (exact) mass is 449 g/mol. The smallest absolute Gasteiger partial charge is 0.353 e. The van der Waals surface area contributed by atoms with Gasteiger partial charge < -0.3 is 10.1 Å². The van der Waals surface area contributed by atoms with Gasteiger partial charge >= 0.3 is 5.97 Å². The summed E-state index contributed by atoms with van der Waals surface area (Å²) in [6.45, 7) is 0.473. The molecule has 3 aromatic rings. The first-order chi connectivity index (χ1) is 15.3. The van der Waals surface area contributed by atoms with Gasteiger partial charge in [-0.15, -0.1) is 0 Å². The van der Waals surface area contributed by atoms with Crippen molar-refractivity contribution in [3.05, 3.63) is 102 Å². The molecule has 1 atom stereocenters. The number of aliphatic carboxylic acids is 1. The number of likely N-dealkylation sites (N-methyl/N-ethyl adjacent to an activating group) is 1. The van der Waals surface area contributed by atoms with Crippen molar-refractivity contribution in [2.24, 2.45) is 0 Å². The Morgan fingerprint density at radius 3 is 2.19 bits per heavy atom. The average molecular weight is 450 g/mol. The van der Waals surface area contributed by atoms with Crippen molar-refractivity contribution < 1.29 is 18.3 Å². The zero-order valence-electron chi connectivity index (χ0n) is 17.7. The fourth-order valence-corrected chi connectivity index (χ4v) is 4.67. The van der Waals surface area contributed by atoms with Crippen LogP contribution >= 0.6 is 0 Å². The second kappa shape index (κ2) is 8.57. The number of rotatable bonds is 6. The number of carbonyl (C=O) groups is 1. The predicted molar refractivity (Wildman–Crippen MR) is 121 cm³/mol. The second-order valence-corrected chi connectivity index (χ2v) is 9.67. The van der Waals surface area contributed by atoms with Crippen LogP contribution in [0.15, 0.2) is 89.7 Å². The molecule has 2 aromatic carbocycles. The Bertz CT molecular complexity index is 1260. The van der Waals surface area contributed by atoms with Crippen molar-refractivity contribution in [2.75, 3.05) is 13.3 Å². The molecule has 8 heteroatoms. The lowest BCUT2D eigenvalue weighted by Crippen LogP contribution is -2.37. The zero-order chi connectivity index (χ0) is 22.9. The van der Waals surface area contributed by atoms with Gasteiger partial charge in [-0.1, -0.05) is 42.5 Å². The lowest BCUT2D eigenvalue weighted by molar-refractivity contribution is -0.136. The summed E-state index contributed by atoms with van der Waals surface area (Å²) in [6.07, 6.45) is 4.43. The van der Waals surface area contributed by atoms with Crippen LogP contribution in [0.1, 0.15) is 22.7 Å². The van der Waals surface area contributed by atoms with E-state index >= 15 is 0 Å². The topological polar surface area (TPSA) is 90.8 Å². The van der Waals surface area contributed by atoms with Crippen LogP contribution in [0, 0.1) is 0 Å². The Kier molecular flexibility index (Phi) is 5.82. The SMILES string of the molecule is CN1C(C(=O)O)=C(c2ccncc2)C(c2ccc(S(C)(=O)=O)cc2)N1Cc1ccccc1. The van der Waals surface area contributed by atoms with E-state index in [0.29, 0.717) is 12.1 Å². The molecule has 0 fully saturated rings. The van der Waals surface area contributed by atoms with Gasteiger partial charge in [0.25, 0.3) is 0 Å². The normalized spacial score (nSPS) is 17.1. The maximum absolute atomic E-state index is 12.3. The molecule has 2 heterocycles. The molecule has 0 bridgehead atoms. The molecular weight excluding hydrogens is 426 g/mol. The van der Waals surface area contributed by atoms with Gasteiger partial charge in [0.1, 0.15) is 5.70 Å². The Morgan fingerprint density at radius 2 is 1.62 bits per heavy atom. The van der Waals surface area contributed by atoms with Gasteiger partial charge in [-0.3, -0.25) is 4.98 Å². The van der Waals surface area contributed by atoms with Gasteiger partial charge in [-0.2, -0.15) is 0 Å². The predicted octanol–water partition coefficient (Wildman–Crippen LogP) is 3.38. The summed E-state index contributed by atoms with van der Waals surface area (Å²) < 4.78 is 23.9. The van der Waals surface area contributed by atoms with Crippen molar-refractivity contribution in [3.8, 4) is 0 Å². The van der Waals surface area contributed by atoms with Crippen LogP contribution in [0.5, 0.6) is 0 Å². The van der Waals surface area contributed by atoms with E-state index < -0.39 is 21.8 Å². The van der Waals surface area contributed by atoms with Crippen LogP contribution in [0.2, 0.25) is 0 Å². The number of hydrazine groups is 1. The van der Waals surface area contributed by atoms with E-state index in [2.05, 4.69) is 4.98 Å². The largest absolute Gasteiger partial charge is 0.477 e. The van der Waals surface area contributed by atoms with Crippen molar-refractivity contribution in [2.45, 2.75) is 17.5 Å².